The zero-order chi connectivity index (χ0) is 13.2. The molecule has 0 bridgehead atoms. The van der Waals surface area contributed by atoms with Gasteiger partial charge in [-0.25, -0.2) is 0 Å². The van der Waals surface area contributed by atoms with Crippen molar-refractivity contribution >= 4 is 26.9 Å². The van der Waals surface area contributed by atoms with E-state index in [0.29, 0.717) is 0 Å². The van der Waals surface area contributed by atoms with Gasteiger partial charge in [-0.15, -0.1) is 0 Å². The summed E-state index contributed by atoms with van der Waals surface area (Å²) in [5.74, 6) is 0. The summed E-state index contributed by atoms with van der Waals surface area (Å²) in [6, 6.07) is 4.08. The van der Waals surface area contributed by atoms with E-state index in [1.165, 1.54) is 0 Å². The first kappa shape index (κ1) is 13.1. The Balaban J connectivity index is 1.95. The van der Waals surface area contributed by atoms with Gasteiger partial charge in [0.15, 0.2) is 0 Å². The lowest BCUT2D eigenvalue weighted by Gasteiger charge is -2.26. The molecule has 1 fully saturated rings. The molecule has 1 N–H and O–H groups in total. The Morgan fingerprint density at radius 3 is 2.74 bits per heavy atom. The third-order valence-electron chi connectivity index (χ3n) is 3.46. The molecule has 0 aliphatic carbocycles. The maximum atomic E-state index is 9.33. The van der Waals surface area contributed by atoms with E-state index in [9.17, 15) is 5.11 Å². The Morgan fingerprint density at radius 1 is 1.21 bits per heavy atom. The van der Waals surface area contributed by atoms with E-state index >= 15 is 0 Å². The molecule has 1 saturated heterocycles. The molecule has 3 rings (SSSR count). The zero-order valence-corrected chi connectivity index (χ0v) is 12.1. The van der Waals surface area contributed by atoms with E-state index in [1.807, 2.05) is 6.07 Å². The highest BCUT2D eigenvalue weighted by molar-refractivity contribution is 9.10. The van der Waals surface area contributed by atoms with Crippen molar-refractivity contribution < 1.29 is 14.3 Å². The van der Waals surface area contributed by atoms with Crippen LogP contribution in [0, 0.1) is 0 Å². The van der Waals surface area contributed by atoms with Crippen LogP contribution < -0.4 is 0 Å². The van der Waals surface area contributed by atoms with Crippen molar-refractivity contribution in [1.29, 1.82) is 0 Å². The molecule has 2 aromatic rings. The fourth-order valence-corrected chi connectivity index (χ4v) is 2.97. The molecule has 1 aliphatic rings. The number of fused-ring (bicyclic) bond motifs is 1. The number of benzene rings is 1. The van der Waals surface area contributed by atoms with Crippen molar-refractivity contribution in [2.24, 2.45) is 0 Å². The molecule has 4 nitrogen and oxygen atoms in total. The second-order valence-electron chi connectivity index (χ2n) is 4.75. The molecule has 0 saturated carbocycles. The number of ether oxygens (including phenoxy) is 1. The third-order valence-corrected chi connectivity index (χ3v) is 3.92. The van der Waals surface area contributed by atoms with Crippen molar-refractivity contribution in [2.75, 3.05) is 26.3 Å². The Morgan fingerprint density at radius 2 is 2.00 bits per heavy atom. The topological polar surface area (TPSA) is 45.8 Å². The highest BCUT2D eigenvalue weighted by Gasteiger charge is 2.16. The standard InChI is InChI=1S/C14H16BrNO3/c15-12-5-10(7-16-1-3-18-4-2-16)14-13(6-12)11(8-17)9-19-14/h5-6,9,17H,1-4,7-8H2. The molecule has 0 amide bonds. The molecule has 1 aliphatic heterocycles. The summed E-state index contributed by atoms with van der Waals surface area (Å²) in [5, 5.41) is 10.3. The molecule has 0 spiro atoms. The molecule has 102 valence electrons. The first-order chi connectivity index (χ1) is 9.28. The van der Waals surface area contributed by atoms with Crippen LogP contribution in [0.15, 0.2) is 27.3 Å². The first-order valence-corrected chi connectivity index (χ1v) is 7.16. The van der Waals surface area contributed by atoms with E-state index in [4.69, 9.17) is 9.15 Å². The minimum atomic E-state index is 0.000444. The van der Waals surface area contributed by atoms with Gasteiger partial charge in [0.2, 0.25) is 0 Å². The number of aliphatic hydroxyl groups is 1. The second kappa shape index (κ2) is 5.63. The maximum Gasteiger partial charge on any atom is 0.138 e. The highest BCUT2D eigenvalue weighted by atomic mass is 79.9. The molecule has 0 radical (unpaired) electrons. The molecule has 19 heavy (non-hydrogen) atoms. The van der Waals surface area contributed by atoms with Crippen LogP contribution in [0.5, 0.6) is 0 Å². The third kappa shape index (κ3) is 2.69. The first-order valence-electron chi connectivity index (χ1n) is 6.37. The van der Waals surface area contributed by atoms with Crippen molar-refractivity contribution in [3.05, 3.63) is 34.0 Å². The maximum absolute atomic E-state index is 9.33. The van der Waals surface area contributed by atoms with Crippen LogP contribution in [0.3, 0.4) is 0 Å². The fraction of sp³-hybridized carbons (Fsp3) is 0.429. The smallest absolute Gasteiger partial charge is 0.138 e. The van der Waals surface area contributed by atoms with Crippen LogP contribution in [0.25, 0.3) is 11.0 Å². The number of aliphatic hydroxyl groups excluding tert-OH is 1. The van der Waals surface area contributed by atoms with Gasteiger partial charge in [0.1, 0.15) is 5.58 Å². The molecule has 5 heteroatoms. The van der Waals surface area contributed by atoms with Crippen molar-refractivity contribution in [3.8, 4) is 0 Å². The van der Waals surface area contributed by atoms with Crippen LogP contribution in [-0.4, -0.2) is 36.3 Å². The minimum absolute atomic E-state index is 0.000444. The zero-order valence-electron chi connectivity index (χ0n) is 10.6. The van der Waals surface area contributed by atoms with Gasteiger partial charge in [-0.2, -0.15) is 0 Å². The van der Waals surface area contributed by atoms with Gasteiger partial charge >= 0.3 is 0 Å². The molecule has 1 aromatic carbocycles. The number of furan rings is 1. The molecule has 0 atom stereocenters. The number of halogens is 1. The number of nitrogens with zero attached hydrogens (tertiary/aromatic N) is 1. The van der Waals surface area contributed by atoms with Gasteiger partial charge in [-0.1, -0.05) is 15.9 Å². The summed E-state index contributed by atoms with van der Waals surface area (Å²) in [6.07, 6.45) is 1.64. The van der Waals surface area contributed by atoms with Gasteiger partial charge in [0.05, 0.1) is 26.1 Å². The Kier molecular flexibility index (Phi) is 3.88. The minimum Gasteiger partial charge on any atom is -0.464 e. The van der Waals surface area contributed by atoms with Gasteiger partial charge in [0.25, 0.3) is 0 Å². The summed E-state index contributed by atoms with van der Waals surface area (Å²) >= 11 is 3.53. The largest absolute Gasteiger partial charge is 0.464 e. The molecular formula is C14H16BrNO3. The van der Waals surface area contributed by atoms with Crippen molar-refractivity contribution in [1.82, 2.24) is 4.90 Å². The number of hydrogen-bond acceptors (Lipinski definition) is 4. The Hall–Kier alpha value is -0.880. The lowest BCUT2D eigenvalue weighted by molar-refractivity contribution is 0.0342. The number of rotatable bonds is 3. The van der Waals surface area contributed by atoms with Gasteiger partial charge in [-0.3, -0.25) is 4.90 Å². The van der Waals surface area contributed by atoms with Crippen LogP contribution >= 0.6 is 15.9 Å². The van der Waals surface area contributed by atoms with Crippen LogP contribution in [0.4, 0.5) is 0 Å². The van der Waals surface area contributed by atoms with Crippen LogP contribution in [0.1, 0.15) is 11.1 Å². The number of hydrogen-bond donors (Lipinski definition) is 1. The van der Waals surface area contributed by atoms with Gasteiger partial charge < -0.3 is 14.3 Å². The second-order valence-corrected chi connectivity index (χ2v) is 5.66. The summed E-state index contributed by atoms with van der Waals surface area (Å²) in [7, 11) is 0. The summed E-state index contributed by atoms with van der Waals surface area (Å²) in [4.78, 5) is 2.35. The summed E-state index contributed by atoms with van der Waals surface area (Å²) in [6.45, 7) is 4.32. The average molecular weight is 326 g/mol. The lowest BCUT2D eigenvalue weighted by Crippen LogP contribution is -2.35. The van der Waals surface area contributed by atoms with Crippen molar-refractivity contribution in [2.45, 2.75) is 13.2 Å². The predicted octanol–water partition coefficient (Wildman–Crippen LogP) is 2.52. The molecule has 1 aromatic heterocycles. The monoisotopic (exact) mass is 325 g/mol. The van der Waals surface area contributed by atoms with E-state index in [-0.39, 0.29) is 6.61 Å². The molecular weight excluding hydrogens is 310 g/mol. The van der Waals surface area contributed by atoms with Crippen LogP contribution in [0.2, 0.25) is 0 Å². The Labute approximate surface area is 120 Å². The normalized spacial score (nSPS) is 17.2. The lowest BCUT2D eigenvalue weighted by atomic mass is 10.1. The Bertz CT molecular complexity index is 575. The van der Waals surface area contributed by atoms with E-state index in [0.717, 1.165) is 59.4 Å². The van der Waals surface area contributed by atoms with Crippen molar-refractivity contribution in [3.63, 3.8) is 0 Å². The SMILES string of the molecule is OCc1coc2c(CN3CCOCC3)cc(Br)cc12. The molecule has 0 unspecified atom stereocenters. The quantitative estimate of drug-likeness (QED) is 0.941. The fourth-order valence-electron chi connectivity index (χ4n) is 2.46. The highest BCUT2D eigenvalue weighted by Crippen LogP contribution is 2.29. The summed E-state index contributed by atoms with van der Waals surface area (Å²) in [5.41, 5.74) is 2.85. The molecule has 2 heterocycles. The van der Waals surface area contributed by atoms with Gasteiger partial charge in [-0.05, 0) is 12.1 Å². The van der Waals surface area contributed by atoms with E-state index < -0.39 is 0 Å². The van der Waals surface area contributed by atoms with Crippen LogP contribution in [-0.2, 0) is 17.9 Å². The average Bonchev–Trinajstić information content (AvgIpc) is 2.83. The van der Waals surface area contributed by atoms with E-state index in [1.54, 1.807) is 6.26 Å². The number of morpholine rings is 1. The van der Waals surface area contributed by atoms with Gasteiger partial charge in [0, 0.05) is 40.6 Å². The summed E-state index contributed by atoms with van der Waals surface area (Å²) < 4.78 is 12.0. The van der Waals surface area contributed by atoms with E-state index in [2.05, 4.69) is 26.9 Å². The predicted molar refractivity (Wildman–Crippen MR) is 75.9 cm³/mol.